The number of halogens is 3. The average molecular weight is 276 g/mol. The second-order valence-corrected chi connectivity index (χ2v) is 6.31. The molecule has 1 heterocycles. The van der Waals surface area contributed by atoms with Crippen molar-refractivity contribution in [2.45, 2.75) is 56.8 Å². The number of hydrogen-bond donors (Lipinski definition) is 1. The van der Waals surface area contributed by atoms with Crippen LogP contribution in [0.15, 0.2) is 0 Å². The first-order chi connectivity index (χ1) is 8.69. The third-order valence-corrected chi connectivity index (χ3v) is 4.64. The predicted octanol–water partition coefficient (Wildman–Crippen LogP) is 2.46. The molecule has 3 nitrogen and oxygen atoms in total. The summed E-state index contributed by atoms with van der Waals surface area (Å²) in [7, 11) is 0. The maximum atomic E-state index is 12.5. The van der Waals surface area contributed by atoms with E-state index in [1.54, 1.807) is 4.90 Å². The number of β-amino-alcohol motifs (C(OH)–C–C–N with tert-alkyl or cyclic N) is 1. The fourth-order valence-electron chi connectivity index (χ4n) is 3.10. The van der Waals surface area contributed by atoms with Gasteiger partial charge in [-0.1, -0.05) is 6.92 Å². The van der Waals surface area contributed by atoms with Gasteiger partial charge in [-0.15, -0.1) is 0 Å². The topological polar surface area (TPSA) is 47.3 Å². The van der Waals surface area contributed by atoms with E-state index in [1.807, 2.05) is 0 Å². The van der Waals surface area contributed by atoms with Gasteiger partial charge in [0.25, 0.3) is 0 Å². The Labute approximate surface area is 111 Å². The van der Waals surface area contributed by atoms with Gasteiger partial charge in [-0.05, 0) is 31.1 Å². The molecule has 19 heavy (non-hydrogen) atoms. The van der Waals surface area contributed by atoms with Crippen molar-refractivity contribution >= 4 is 0 Å². The summed E-state index contributed by atoms with van der Waals surface area (Å²) in [6.45, 7) is 1.45. The molecule has 1 aliphatic carbocycles. The van der Waals surface area contributed by atoms with E-state index < -0.39 is 11.8 Å². The van der Waals surface area contributed by atoms with Crippen LogP contribution >= 0.6 is 0 Å². The van der Waals surface area contributed by atoms with Gasteiger partial charge in [0.15, 0.2) is 5.60 Å². The minimum Gasteiger partial charge on any atom is -0.378 e. The first-order valence-electron chi connectivity index (χ1n) is 6.59. The zero-order valence-corrected chi connectivity index (χ0v) is 11.0. The van der Waals surface area contributed by atoms with Gasteiger partial charge in [0.2, 0.25) is 0 Å². The Hall–Kier alpha value is -0.800. The van der Waals surface area contributed by atoms with Gasteiger partial charge in [0.1, 0.15) is 0 Å². The summed E-state index contributed by atoms with van der Waals surface area (Å²) < 4.78 is 37.6. The quantitative estimate of drug-likeness (QED) is 0.842. The molecule has 0 bridgehead atoms. The van der Waals surface area contributed by atoms with E-state index in [0.717, 1.165) is 25.7 Å². The molecule has 0 aromatic carbocycles. The molecule has 6 heteroatoms. The van der Waals surface area contributed by atoms with Gasteiger partial charge < -0.3 is 5.11 Å². The van der Waals surface area contributed by atoms with Crippen molar-refractivity contribution in [3.63, 3.8) is 0 Å². The molecular weight excluding hydrogens is 257 g/mol. The van der Waals surface area contributed by atoms with Gasteiger partial charge in [-0.25, -0.2) is 0 Å². The van der Waals surface area contributed by atoms with E-state index in [-0.39, 0.29) is 24.5 Å². The molecular formula is C13H19F3N2O. The van der Waals surface area contributed by atoms with Gasteiger partial charge in [-0.2, -0.15) is 18.4 Å². The maximum absolute atomic E-state index is 12.5. The minimum atomic E-state index is -4.53. The van der Waals surface area contributed by atoms with Crippen LogP contribution in [-0.4, -0.2) is 40.9 Å². The highest BCUT2D eigenvalue weighted by molar-refractivity contribution is 5.04. The summed E-state index contributed by atoms with van der Waals surface area (Å²) in [6.07, 6.45) is -0.670. The molecule has 0 atom stereocenters. The molecule has 1 aliphatic heterocycles. The molecule has 0 aromatic rings. The van der Waals surface area contributed by atoms with Crippen LogP contribution in [0.25, 0.3) is 0 Å². The van der Waals surface area contributed by atoms with E-state index in [1.165, 1.54) is 0 Å². The van der Waals surface area contributed by atoms with Crippen LogP contribution in [0.2, 0.25) is 0 Å². The second kappa shape index (κ2) is 4.64. The molecule has 2 aliphatic rings. The summed E-state index contributed by atoms with van der Waals surface area (Å²) >= 11 is 0. The fraction of sp³-hybridized carbons (Fsp3) is 0.923. The number of hydrogen-bond acceptors (Lipinski definition) is 3. The van der Waals surface area contributed by atoms with Crippen LogP contribution in [0.4, 0.5) is 13.2 Å². The van der Waals surface area contributed by atoms with E-state index in [0.29, 0.717) is 6.42 Å². The number of alkyl halides is 3. The molecule has 0 spiro atoms. The van der Waals surface area contributed by atoms with E-state index in [4.69, 9.17) is 5.26 Å². The molecule has 0 unspecified atom stereocenters. The summed E-state index contributed by atoms with van der Waals surface area (Å²) in [5.41, 5.74) is -2.50. The SMILES string of the molecule is C[C@]1(CC#N)CC[C@H](N2CC(O)(C(F)(F)F)C2)CC1. The molecule has 0 aromatic heterocycles. The van der Waals surface area contributed by atoms with Crippen LogP contribution in [-0.2, 0) is 0 Å². The number of rotatable bonds is 2. The van der Waals surface area contributed by atoms with Crippen molar-refractivity contribution < 1.29 is 18.3 Å². The summed E-state index contributed by atoms with van der Waals surface area (Å²) in [6, 6.07) is 2.30. The van der Waals surface area contributed by atoms with Crippen molar-refractivity contribution in [2.24, 2.45) is 5.41 Å². The van der Waals surface area contributed by atoms with E-state index >= 15 is 0 Å². The lowest BCUT2D eigenvalue weighted by Gasteiger charge is -2.52. The highest BCUT2D eigenvalue weighted by atomic mass is 19.4. The molecule has 0 radical (unpaired) electrons. The molecule has 1 saturated carbocycles. The zero-order chi connectivity index (χ0) is 14.3. The first kappa shape index (κ1) is 14.6. The summed E-state index contributed by atoms with van der Waals surface area (Å²) in [4.78, 5) is 1.72. The second-order valence-electron chi connectivity index (χ2n) is 6.31. The molecule has 1 N–H and O–H groups in total. The predicted molar refractivity (Wildman–Crippen MR) is 63.2 cm³/mol. The monoisotopic (exact) mass is 276 g/mol. The molecule has 0 amide bonds. The van der Waals surface area contributed by atoms with Crippen LogP contribution < -0.4 is 0 Å². The van der Waals surface area contributed by atoms with Crippen molar-refractivity contribution in [2.75, 3.05) is 13.1 Å². The third kappa shape index (κ3) is 2.72. The Bertz CT molecular complexity index is 374. The smallest absolute Gasteiger partial charge is 0.378 e. The zero-order valence-electron chi connectivity index (χ0n) is 11.0. The Morgan fingerprint density at radius 3 is 2.26 bits per heavy atom. The minimum absolute atomic E-state index is 0.0104. The number of aliphatic hydroxyl groups is 1. The Balaban J connectivity index is 1.84. The standard InChI is InChI=1S/C13H19F3N2O/c1-11(6-7-17)4-2-10(3-5-11)18-8-12(19,9-18)13(14,15)16/h10,19H,2-6,8-9H2,1H3/t10-,11-. The number of nitrogens with zero attached hydrogens (tertiary/aromatic N) is 2. The Morgan fingerprint density at radius 2 is 1.84 bits per heavy atom. The first-order valence-corrected chi connectivity index (χ1v) is 6.59. The molecule has 2 fully saturated rings. The Kier molecular flexibility index (Phi) is 3.56. The maximum Gasteiger partial charge on any atom is 0.419 e. The number of nitriles is 1. The van der Waals surface area contributed by atoms with Crippen LogP contribution in [0, 0.1) is 16.7 Å². The highest BCUT2D eigenvalue weighted by Gasteiger charge is 2.61. The van der Waals surface area contributed by atoms with Crippen LogP contribution in [0.5, 0.6) is 0 Å². The highest BCUT2D eigenvalue weighted by Crippen LogP contribution is 2.44. The van der Waals surface area contributed by atoms with Crippen LogP contribution in [0.3, 0.4) is 0 Å². The lowest BCUT2D eigenvalue weighted by Crippen LogP contribution is -2.71. The van der Waals surface area contributed by atoms with E-state index in [2.05, 4.69) is 13.0 Å². The largest absolute Gasteiger partial charge is 0.419 e. The molecule has 2 rings (SSSR count). The summed E-state index contributed by atoms with van der Waals surface area (Å²) in [5.74, 6) is 0. The van der Waals surface area contributed by atoms with Crippen molar-refractivity contribution in [1.82, 2.24) is 4.90 Å². The Morgan fingerprint density at radius 1 is 1.32 bits per heavy atom. The lowest BCUT2D eigenvalue weighted by atomic mass is 9.71. The van der Waals surface area contributed by atoms with E-state index in [9.17, 15) is 18.3 Å². The fourth-order valence-corrected chi connectivity index (χ4v) is 3.10. The normalized spacial score (nSPS) is 35.5. The van der Waals surface area contributed by atoms with Gasteiger partial charge in [0, 0.05) is 25.6 Å². The van der Waals surface area contributed by atoms with Crippen molar-refractivity contribution in [1.29, 1.82) is 5.26 Å². The third-order valence-electron chi connectivity index (χ3n) is 4.64. The number of likely N-dealkylation sites (tertiary alicyclic amines) is 1. The molecule has 108 valence electrons. The summed E-state index contributed by atoms with van der Waals surface area (Å²) in [5, 5.41) is 18.2. The van der Waals surface area contributed by atoms with Gasteiger partial charge in [0.05, 0.1) is 6.07 Å². The van der Waals surface area contributed by atoms with Crippen molar-refractivity contribution in [3.05, 3.63) is 0 Å². The van der Waals surface area contributed by atoms with Gasteiger partial charge in [-0.3, -0.25) is 4.90 Å². The average Bonchev–Trinajstić information content (AvgIpc) is 2.25. The van der Waals surface area contributed by atoms with Gasteiger partial charge >= 0.3 is 6.18 Å². The van der Waals surface area contributed by atoms with Crippen LogP contribution in [0.1, 0.15) is 39.0 Å². The molecule has 1 saturated heterocycles. The lowest BCUT2D eigenvalue weighted by molar-refractivity contribution is -0.307. The van der Waals surface area contributed by atoms with Crippen molar-refractivity contribution in [3.8, 4) is 6.07 Å².